The normalized spacial score (nSPS) is 14.1. The van der Waals surface area contributed by atoms with E-state index in [0.717, 1.165) is 18.4 Å². The predicted molar refractivity (Wildman–Crippen MR) is 80.3 cm³/mol. The summed E-state index contributed by atoms with van der Waals surface area (Å²) in [6, 6.07) is 4.60. The molecule has 20 heavy (non-hydrogen) atoms. The van der Waals surface area contributed by atoms with Crippen molar-refractivity contribution in [3.05, 3.63) is 52.9 Å². The fraction of sp³-hybridized carbons (Fsp3) is 0.333. The van der Waals surface area contributed by atoms with Crippen LogP contribution in [0.5, 0.6) is 0 Å². The molecule has 0 radical (unpaired) electrons. The van der Waals surface area contributed by atoms with Crippen LogP contribution in [-0.4, -0.2) is 14.5 Å². The van der Waals surface area contributed by atoms with E-state index < -0.39 is 0 Å². The maximum Gasteiger partial charge on any atom is 0.123 e. The molecule has 5 heteroatoms. The highest BCUT2D eigenvalue weighted by Gasteiger charge is 2.16. The third-order valence-electron chi connectivity index (χ3n) is 3.79. The van der Waals surface area contributed by atoms with E-state index in [4.69, 9.17) is 18.0 Å². The van der Waals surface area contributed by atoms with Crippen LogP contribution in [0.3, 0.4) is 0 Å². The molecule has 0 saturated carbocycles. The van der Waals surface area contributed by atoms with Crippen molar-refractivity contribution < 1.29 is 4.39 Å². The molecule has 0 aliphatic heterocycles. The molecule has 1 aliphatic rings. The average molecular weight is 289 g/mol. The number of aryl methyl sites for hydroxylation is 1. The minimum absolute atomic E-state index is 0.230. The highest BCUT2D eigenvalue weighted by atomic mass is 32.1. The first-order valence-electron chi connectivity index (χ1n) is 6.76. The van der Waals surface area contributed by atoms with Gasteiger partial charge in [0.15, 0.2) is 0 Å². The fourth-order valence-electron chi connectivity index (χ4n) is 2.77. The van der Waals surface area contributed by atoms with E-state index in [-0.39, 0.29) is 10.8 Å². The second kappa shape index (κ2) is 5.32. The van der Waals surface area contributed by atoms with Crippen molar-refractivity contribution in [2.45, 2.75) is 32.2 Å². The average Bonchev–Trinajstić information content (AvgIpc) is 2.84. The molecule has 1 heterocycles. The Morgan fingerprint density at radius 3 is 2.95 bits per heavy atom. The van der Waals surface area contributed by atoms with E-state index >= 15 is 0 Å². The van der Waals surface area contributed by atoms with Crippen LogP contribution in [-0.2, 0) is 19.4 Å². The first-order chi connectivity index (χ1) is 9.65. The van der Waals surface area contributed by atoms with Crippen LogP contribution < -0.4 is 5.73 Å². The monoisotopic (exact) mass is 289 g/mol. The third-order valence-corrected chi connectivity index (χ3v) is 4.01. The predicted octanol–water partition coefficient (Wildman–Crippen LogP) is 2.58. The van der Waals surface area contributed by atoms with Crippen molar-refractivity contribution in [1.29, 1.82) is 0 Å². The Bertz CT molecular complexity index is 663. The molecule has 2 N–H and O–H groups in total. The first-order valence-corrected chi connectivity index (χ1v) is 7.17. The quantitative estimate of drug-likeness (QED) is 0.883. The molecule has 2 aromatic rings. The lowest BCUT2D eigenvalue weighted by Crippen LogP contribution is -2.15. The first kappa shape index (κ1) is 13.2. The topological polar surface area (TPSA) is 43.8 Å². The van der Waals surface area contributed by atoms with E-state index in [2.05, 4.69) is 9.55 Å². The van der Waals surface area contributed by atoms with Crippen LogP contribution in [0.25, 0.3) is 0 Å². The fourth-order valence-corrected chi connectivity index (χ4v) is 2.96. The number of imidazole rings is 1. The van der Waals surface area contributed by atoms with Crippen LogP contribution in [0.1, 0.15) is 35.4 Å². The minimum Gasteiger partial charge on any atom is -0.389 e. The van der Waals surface area contributed by atoms with Crippen LogP contribution >= 0.6 is 12.2 Å². The molecular formula is C15H16FN3S. The summed E-state index contributed by atoms with van der Waals surface area (Å²) >= 11 is 5.01. The summed E-state index contributed by atoms with van der Waals surface area (Å²) in [6.07, 6.45) is 6.37. The van der Waals surface area contributed by atoms with Gasteiger partial charge in [-0.25, -0.2) is 9.37 Å². The summed E-state index contributed by atoms with van der Waals surface area (Å²) in [5.74, 6) is -0.316. The number of halogens is 1. The van der Waals surface area contributed by atoms with Gasteiger partial charge in [0.25, 0.3) is 0 Å². The molecular weight excluding hydrogens is 273 g/mol. The van der Waals surface area contributed by atoms with E-state index in [0.29, 0.717) is 12.1 Å². The summed E-state index contributed by atoms with van der Waals surface area (Å²) in [5, 5.41) is 0. The smallest absolute Gasteiger partial charge is 0.123 e. The van der Waals surface area contributed by atoms with Crippen LogP contribution in [0.4, 0.5) is 4.39 Å². The van der Waals surface area contributed by atoms with Crippen LogP contribution in [0, 0.1) is 5.82 Å². The van der Waals surface area contributed by atoms with Crippen molar-refractivity contribution in [3.63, 3.8) is 0 Å². The van der Waals surface area contributed by atoms with Crippen molar-refractivity contribution in [1.82, 2.24) is 9.55 Å². The minimum atomic E-state index is -0.316. The van der Waals surface area contributed by atoms with Crippen molar-refractivity contribution in [2.24, 2.45) is 5.73 Å². The Kier molecular flexibility index (Phi) is 3.53. The molecule has 0 amide bonds. The number of thiocarbonyl (C=S) groups is 1. The van der Waals surface area contributed by atoms with Gasteiger partial charge in [-0.15, -0.1) is 0 Å². The van der Waals surface area contributed by atoms with Gasteiger partial charge in [-0.2, -0.15) is 0 Å². The Hall–Kier alpha value is -1.75. The summed E-state index contributed by atoms with van der Waals surface area (Å²) in [5.41, 5.74) is 9.71. The summed E-state index contributed by atoms with van der Waals surface area (Å²) < 4.78 is 15.5. The van der Waals surface area contributed by atoms with Crippen molar-refractivity contribution >= 4 is 17.2 Å². The molecule has 0 bridgehead atoms. The molecule has 3 nitrogen and oxygen atoms in total. The number of aromatic nitrogens is 2. The molecule has 0 saturated heterocycles. The van der Waals surface area contributed by atoms with Crippen molar-refractivity contribution in [2.75, 3.05) is 0 Å². The zero-order valence-electron chi connectivity index (χ0n) is 11.1. The van der Waals surface area contributed by atoms with Gasteiger partial charge in [-0.3, -0.25) is 0 Å². The zero-order valence-corrected chi connectivity index (χ0v) is 11.9. The Balaban J connectivity index is 1.95. The highest BCUT2D eigenvalue weighted by molar-refractivity contribution is 7.80. The molecule has 0 unspecified atom stereocenters. The third kappa shape index (κ3) is 2.45. The van der Waals surface area contributed by atoms with Gasteiger partial charge in [0, 0.05) is 17.8 Å². The van der Waals surface area contributed by atoms with Gasteiger partial charge in [0.1, 0.15) is 10.8 Å². The maximum absolute atomic E-state index is 13.3. The molecule has 104 valence electrons. The van der Waals surface area contributed by atoms with Gasteiger partial charge >= 0.3 is 0 Å². The van der Waals surface area contributed by atoms with Gasteiger partial charge < -0.3 is 10.3 Å². The second-order valence-corrected chi connectivity index (χ2v) is 5.58. The lowest BCUT2D eigenvalue weighted by Gasteiger charge is -2.15. The van der Waals surface area contributed by atoms with E-state index in [1.54, 1.807) is 6.07 Å². The van der Waals surface area contributed by atoms with Gasteiger partial charge in [0.05, 0.1) is 12.0 Å². The highest BCUT2D eigenvalue weighted by Crippen LogP contribution is 2.22. The van der Waals surface area contributed by atoms with Crippen LogP contribution in [0.15, 0.2) is 24.5 Å². The summed E-state index contributed by atoms with van der Waals surface area (Å²) in [6.45, 7) is 0.634. The Morgan fingerprint density at radius 2 is 2.15 bits per heavy atom. The Morgan fingerprint density at radius 1 is 1.35 bits per heavy atom. The van der Waals surface area contributed by atoms with Gasteiger partial charge in [-0.1, -0.05) is 18.3 Å². The summed E-state index contributed by atoms with van der Waals surface area (Å²) in [4.78, 5) is 4.70. The number of hydrogen-bond donors (Lipinski definition) is 1. The number of benzene rings is 1. The standard InChI is InChI=1S/C15H16FN3S/c16-11-6-5-10(12(7-11)15(17)20)8-19-9-18-13-3-1-2-4-14(13)19/h5-7,9H,1-4,8H2,(H2,17,20). The number of fused-ring (bicyclic) bond motifs is 1. The van der Waals surface area contributed by atoms with Gasteiger partial charge in [0.2, 0.25) is 0 Å². The molecule has 1 aliphatic carbocycles. The van der Waals surface area contributed by atoms with E-state index in [1.165, 1.54) is 36.4 Å². The number of nitrogens with two attached hydrogens (primary N) is 1. The number of nitrogens with zero attached hydrogens (tertiary/aromatic N) is 2. The lowest BCUT2D eigenvalue weighted by molar-refractivity contribution is 0.620. The maximum atomic E-state index is 13.3. The molecule has 0 fully saturated rings. The Labute approximate surface area is 122 Å². The largest absolute Gasteiger partial charge is 0.389 e. The molecule has 0 atom stereocenters. The van der Waals surface area contributed by atoms with Crippen molar-refractivity contribution in [3.8, 4) is 0 Å². The lowest BCUT2D eigenvalue weighted by atomic mass is 10.0. The summed E-state index contributed by atoms with van der Waals surface area (Å²) in [7, 11) is 0. The molecule has 3 rings (SSSR count). The molecule has 1 aromatic heterocycles. The molecule has 0 spiro atoms. The van der Waals surface area contributed by atoms with E-state index in [9.17, 15) is 4.39 Å². The number of rotatable bonds is 3. The van der Waals surface area contributed by atoms with Gasteiger partial charge in [-0.05, 0) is 43.4 Å². The zero-order chi connectivity index (χ0) is 14.1. The SMILES string of the molecule is NC(=S)c1cc(F)ccc1Cn1cnc2c1CCCC2. The second-order valence-electron chi connectivity index (χ2n) is 5.14. The van der Waals surface area contributed by atoms with E-state index in [1.807, 2.05) is 6.33 Å². The number of hydrogen-bond acceptors (Lipinski definition) is 2. The van der Waals surface area contributed by atoms with Crippen LogP contribution in [0.2, 0.25) is 0 Å². The molecule has 1 aromatic carbocycles.